The predicted octanol–water partition coefficient (Wildman–Crippen LogP) is 4.03. The lowest BCUT2D eigenvalue weighted by Crippen LogP contribution is -2.36. The Morgan fingerprint density at radius 2 is 2.00 bits per heavy atom. The first-order valence-electron chi connectivity index (χ1n) is 8.94. The molecule has 1 aromatic carbocycles. The summed E-state index contributed by atoms with van der Waals surface area (Å²) in [5.41, 5.74) is 1.54. The molecule has 1 atom stereocenters. The summed E-state index contributed by atoms with van der Waals surface area (Å²) in [4.78, 5) is 23.4. The van der Waals surface area contributed by atoms with Crippen LogP contribution in [0.2, 0.25) is 0 Å². The third kappa shape index (κ3) is 4.88. The molecule has 0 bridgehead atoms. The molecule has 0 saturated carbocycles. The van der Waals surface area contributed by atoms with Crippen molar-refractivity contribution in [2.24, 2.45) is 5.16 Å². The van der Waals surface area contributed by atoms with Gasteiger partial charge < -0.3 is 9.74 Å². The van der Waals surface area contributed by atoms with Gasteiger partial charge in [0.05, 0.1) is 17.8 Å². The maximum absolute atomic E-state index is 12.7. The van der Waals surface area contributed by atoms with Crippen molar-refractivity contribution >= 4 is 11.6 Å². The number of rotatable bonds is 6. The number of carbonyl (C=O) groups is 1. The van der Waals surface area contributed by atoms with Crippen molar-refractivity contribution in [2.45, 2.75) is 38.6 Å². The van der Waals surface area contributed by atoms with Gasteiger partial charge in [0.25, 0.3) is 0 Å². The SMILES string of the molecule is CCC(=O)N(Cc1ccc(C(F)(F)F)cc1)C[C@H]1CC(c2cccnc2)=NO1. The zero-order chi connectivity index (χ0) is 20.1. The average Bonchev–Trinajstić information content (AvgIpc) is 3.16. The number of hydrogen-bond donors (Lipinski definition) is 0. The van der Waals surface area contributed by atoms with Gasteiger partial charge in [-0.3, -0.25) is 9.78 Å². The monoisotopic (exact) mass is 391 g/mol. The molecular formula is C20H20F3N3O2. The van der Waals surface area contributed by atoms with E-state index in [-0.39, 0.29) is 18.6 Å². The van der Waals surface area contributed by atoms with Crippen molar-refractivity contribution in [1.82, 2.24) is 9.88 Å². The van der Waals surface area contributed by atoms with E-state index in [9.17, 15) is 18.0 Å². The number of amides is 1. The lowest BCUT2D eigenvalue weighted by atomic mass is 10.1. The second kappa shape index (κ2) is 8.41. The summed E-state index contributed by atoms with van der Waals surface area (Å²) < 4.78 is 38.1. The van der Waals surface area contributed by atoms with Crippen LogP contribution in [0.25, 0.3) is 0 Å². The molecule has 0 aliphatic carbocycles. The maximum atomic E-state index is 12.7. The Hall–Kier alpha value is -2.90. The van der Waals surface area contributed by atoms with Crippen LogP contribution in [-0.2, 0) is 22.4 Å². The fourth-order valence-corrected chi connectivity index (χ4v) is 2.97. The van der Waals surface area contributed by atoms with Gasteiger partial charge in [0.15, 0.2) is 6.10 Å². The fourth-order valence-electron chi connectivity index (χ4n) is 2.97. The number of alkyl halides is 3. The Labute approximate surface area is 160 Å². The first-order chi connectivity index (χ1) is 13.4. The van der Waals surface area contributed by atoms with E-state index in [1.165, 1.54) is 12.1 Å². The zero-order valence-corrected chi connectivity index (χ0v) is 15.3. The van der Waals surface area contributed by atoms with Crippen LogP contribution in [0, 0.1) is 0 Å². The highest BCUT2D eigenvalue weighted by Crippen LogP contribution is 2.29. The van der Waals surface area contributed by atoms with E-state index in [0.29, 0.717) is 24.9 Å². The Bertz CT molecular complexity index is 836. The van der Waals surface area contributed by atoms with E-state index in [1.807, 2.05) is 12.1 Å². The molecule has 1 amide bonds. The molecule has 0 radical (unpaired) electrons. The number of benzene rings is 1. The molecule has 8 heteroatoms. The minimum Gasteiger partial charge on any atom is -0.390 e. The van der Waals surface area contributed by atoms with Gasteiger partial charge in [-0.25, -0.2) is 0 Å². The van der Waals surface area contributed by atoms with Crippen molar-refractivity contribution in [3.8, 4) is 0 Å². The van der Waals surface area contributed by atoms with Gasteiger partial charge in [0.2, 0.25) is 5.91 Å². The van der Waals surface area contributed by atoms with Crippen LogP contribution in [-0.4, -0.2) is 34.2 Å². The van der Waals surface area contributed by atoms with E-state index in [4.69, 9.17) is 4.84 Å². The molecule has 0 spiro atoms. The Morgan fingerprint density at radius 1 is 1.25 bits per heavy atom. The summed E-state index contributed by atoms with van der Waals surface area (Å²) >= 11 is 0. The molecule has 148 valence electrons. The fraction of sp³-hybridized carbons (Fsp3) is 0.350. The molecular weight excluding hydrogens is 371 g/mol. The summed E-state index contributed by atoms with van der Waals surface area (Å²) in [6.07, 6.45) is -0.490. The van der Waals surface area contributed by atoms with Gasteiger partial charge in [-0.2, -0.15) is 13.2 Å². The Balaban J connectivity index is 1.64. The third-order valence-electron chi connectivity index (χ3n) is 4.46. The van der Waals surface area contributed by atoms with Crippen molar-refractivity contribution in [3.05, 3.63) is 65.5 Å². The second-order valence-corrected chi connectivity index (χ2v) is 6.53. The highest BCUT2D eigenvalue weighted by Gasteiger charge is 2.30. The van der Waals surface area contributed by atoms with Crippen LogP contribution < -0.4 is 0 Å². The first-order valence-corrected chi connectivity index (χ1v) is 8.94. The predicted molar refractivity (Wildman–Crippen MR) is 97.4 cm³/mol. The molecule has 0 unspecified atom stereocenters. The van der Waals surface area contributed by atoms with Crippen LogP contribution in [0.4, 0.5) is 13.2 Å². The summed E-state index contributed by atoms with van der Waals surface area (Å²) in [7, 11) is 0. The topological polar surface area (TPSA) is 54.8 Å². The highest BCUT2D eigenvalue weighted by atomic mass is 19.4. The summed E-state index contributed by atoms with van der Waals surface area (Å²) in [6.45, 7) is 2.27. The van der Waals surface area contributed by atoms with E-state index >= 15 is 0 Å². The smallest absolute Gasteiger partial charge is 0.390 e. The van der Waals surface area contributed by atoms with Crippen molar-refractivity contribution in [2.75, 3.05) is 6.54 Å². The Kier molecular flexibility index (Phi) is 5.96. The van der Waals surface area contributed by atoms with Crippen molar-refractivity contribution in [3.63, 3.8) is 0 Å². The van der Waals surface area contributed by atoms with Crippen molar-refractivity contribution < 1.29 is 22.8 Å². The number of oxime groups is 1. The second-order valence-electron chi connectivity index (χ2n) is 6.53. The van der Waals surface area contributed by atoms with Gasteiger partial charge in [0.1, 0.15) is 0 Å². The average molecular weight is 391 g/mol. The number of hydrogen-bond acceptors (Lipinski definition) is 4. The number of carbonyl (C=O) groups excluding carboxylic acids is 1. The summed E-state index contributed by atoms with van der Waals surface area (Å²) in [6, 6.07) is 8.54. The standard InChI is InChI=1S/C20H20F3N3O2/c1-2-19(27)26(12-14-5-7-16(8-6-14)20(21,22)23)13-17-10-18(25-28-17)15-4-3-9-24-11-15/h3-9,11,17H,2,10,12-13H2,1H3/t17-/m1/s1. The Morgan fingerprint density at radius 3 is 2.61 bits per heavy atom. The number of nitrogens with zero attached hydrogens (tertiary/aromatic N) is 3. The molecule has 3 rings (SSSR count). The summed E-state index contributed by atoms with van der Waals surface area (Å²) in [5, 5.41) is 4.08. The van der Waals surface area contributed by atoms with E-state index in [0.717, 1.165) is 23.4 Å². The van der Waals surface area contributed by atoms with Crippen LogP contribution in [0.3, 0.4) is 0 Å². The number of pyridine rings is 1. The van der Waals surface area contributed by atoms with Crippen molar-refractivity contribution in [1.29, 1.82) is 0 Å². The normalized spacial score (nSPS) is 16.4. The lowest BCUT2D eigenvalue weighted by molar-refractivity contribution is -0.137. The lowest BCUT2D eigenvalue weighted by Gasteiger charge is -2.24. The maximum Gasteiger partial charge on any atom is 0.416 e. The molecule has 0 saturated heterocycles. The first kappa shape index (κ1) is 19.9. The molecule has 1 aromatic heterocycles. The van der Waals surface area contributed by atoms with E-state index in [1.54, 1.807) is 24.2 Å². The van der Waals surface area contributed by atoms with Crippen LogP contribution >= 0.6 is 0 Å². The third-order valence-corrected chi connectivity index (χ3v) is 4.46. The summed E-state index contributed by atoms with van der Waals surface area (Å²) in [5.74, 6) is -0.0988. The quantitative estimate of drug-likeness (QED) is 0.747. The molecule has 0 fully saturated rings. The molecule has 2 aromatic rings. The molecule has 0 N–H and O–H groups in total. The molecule has 28 heavy (non-hydrogen) atoms. The van der Waals surface area contributed by atoms with Crippen LogP contribution in [0.15, 0.2) is 53.9 Å². The molecule has 5 nitrogen and oxygen atoms in total. The molecule has 1 aliphatic heterocycles. The van der Waals surface area contributed by atoms with Gasteiger partial charge >= 0.3 is 6.18 Å². The highest BCUT2D eigenvalue weighted by molar-refractivity contribution is 6.01. The van der Waals surface area contributed by atoms with Gasteiger partial charge in [0, 0.05) is 37.3 Å². The van der Waals surface area contributed by atoms with E-state index in [2.05, 4.69) is 10.1 Å². The number of aromatic nitrogens is 1. The van der Waals surface area contributed by atoms with Crippen LogP contribution in [0.1, 0.15) is 36.5 Å². The zero-order valence-electron chi connectivity index (χ0n) is 15.3. The molecule has 2 heterocycles. The minimum absolute atomic E-state index is 0.0988. The van der Waals surface area contributed by atoms with Gasteiger partial charge in [-0.15, -0.1) is 0 Å². The van der Waals surface area contributed by atoms with Gasteiger partial charge in [-0.05, 0) is 29.8 Å². The minimum atomic E-state index is -4.38. The largest absolute Gasteiger partial charge is 0.416 e. The van der Waals surface area contributed by atoms with Crippen LogP contribution in [0.5, 0.6) is 0 Å². The van der Waals surface area contributed by atoms with Gasteiger partial charge in [-0.1, -0.05) is 24.2 Å². The number of halogens is 3. The molecule has 1 aliphatic rings. The van der Waals surface area contributed by atoms with E-state index < -0.39 is 11.7 Å².